The Kier molecular flexibility index (Phi) is 10.7. The Balaban J connectivity index is 1.80. The second-order valence-corrected chi connectivity index (χ2v) is 11.8. The van der Waals surface area contributed by atoms with Crippen molar-refractivity contribution in [2.24, 2.45) is 5.92 Å². The van der Waals surface area contributed by atoms with E-state index >= 15 is 0 Å². The third-order valence-electron chi connectivity index (χ3n) is 6.00. The Morgan fingerprint density at radius 3 is 2.37 bits per heavy atom. The highest BCUT2D eigenvalue weighted by Crippen LogP contribution is 2.21. The number of carbonyl (C=O) groups excluding carboxylic acids is 2. The molecule has 1 aliphatic heterocycles. The van der Waals surface area contributed by atoms with Crippen LogP contribution in [0.3, 0.4) is 0 Å². The van der Waals surface area contributed by atoms with Crippen LogP contribution in [0, 0.1) is 5.92 Å². The molecule has 208 valence electrons. The molecule has 2 aromatic carbocycles. The number of aliphatic hydroxyl groups excluding tert-OH is 1. The number of carbonyl (C=O) groups is 2. The number of hydrogen-bond donors (Lipinski definition) is 3. The van der Waals surface area contributed by atoms with E-state index in [9.17, 15) is 23.1 Å². The molecule has 0 unspecified atom stereocenters. The topological polar surface area (TPSA) is 134 Å². The van der Waals surface area contributed by atoms with Crippen molar-refractivity contribution in [3.8, 4) is 0 Å². The number of ether oxygens (including phenoxy) is 2. The van der Waals surface area contributed by atoms with E-state index in [0.717, 1.165) is 5.56 Å². The van der Waals surface area contributed by atoms with Gasteiger partial charge in [-0.15, -0.1) is 0 Å². The summed E-state index contributed by atoms with van der Waals surface area (Å²) in [5.41, 5.74) is 1.35. The maximum absolute atomic E-state index is 13.6. The monoisotopic (exact) mass is 547 g/mol. The van der Waals surface area contributed by atoms with E-state index in [4.69, 9.17) is 9.47 Å². The van der Waals surface area contributed by atoms with Crippen molar-refractivity contribution in [3.63, 3.8) is 0 Å². The van der Waals surface area contributed by atoms with Crippen LogP contribution in [0.15, 0.2) is 59.5 Å². The first-order valence-corrected chi connectivity index (χ1v) is 14.1. The highest BCUT2D eigenvalue weighted by molar-refractivity contribution is 7.89. The molecule has 0 saturated carbocycles. The van der Waals surface area contributed by atoms with E-state index in [0.29, 0.717) is 25.3 Å². The zero-order chi connectivity index (χ0) is 27.7. The molecule has 2 amide bonds. The normalized spacial score (nSPS) is 17.3. The zero-order valence-corrected chi connectivity index (χ0v) is 22.8. The highest BCUT2D eigenvalue weighted by Gasteiger charge is 2.32. The SMILES string of the molecule is CC(=O)Nc1ccc(S(=O)(=O)N(CC(C)C)C[C@@H](O)[C@H](Cc2ccccc2)NC(=O)O[C@H]2CCOC2)cc1. The van der Waals surface area contributed by atoms with E-state index in [2.05, 4.69) is 10.6 Å². The number of amides is 2. The highest BCUT2D eigenvalue weighted by atomic mass is 32.2. The average Bonchev–Trinajstić information content (AvgIpc) is 3.36. The van der Waals surface area contributed by atoms with Crippen LogP contribution in [0.5, 0.6) is 0 Å². The third-order valence-corrected chi connectivity index (χ3v) is 7.85. The second kappa shape index (κ2) is 13.7. The number of nitrogens with one attached hydrogen (secondary N) is 2. The summed E-state index contributed by atoms with van der Waals surface area (Å²) in [5, 5.41) is 16.6. The summed E-state index contributed by atoms with van der Waals surface area (Å²) in [6, 6.07) is 14.4. The van der Waals surface area contributed by atoms with Crippen molar-refractivity contribution in [2.45, 2.75) is 56.8 Å². The molecule has 1 fully saturated rings. The fraction of sp³-hybridized carbons (Fsp3) is 0.481. The molecule has 3 atom stereocenters. The average molecular weight is 548 g/mol. The van der Waals surface area contributed by atoms with Crippen LogP contribution in [0.4, 0.5) is 10.5 Å². The lowest BCUT2D eigenvalue weighted by Gasteiger charge is -2.30. The Hall–Kier alpha value is -2.99. The van der Waals surface area contributed by atoms with Crippen molar-refractivity contribution in [1.82, 2.24) is 9.62 Å². The van der Waals surface area contributed by atoms with Gasteiger partial charge in [-0.3, -0.25) is 4.79 Å². The molecule has 0 spiro atoms. The lowest BCUT2D eigenvalue weighted by molar-refractivity contribution is -0.114. The number of anilines is 1. The van der Waals surface area contributed by atoms with Gasteiger partial charge >= 0.3 is 6.09 Å². The quantitative estimate of drug-likeness (QED) is 0.372. The van der Waals surface area contributed by atoms with E-state index < -0.39 is 28.3 Å². The molecule has 1 saturated heterocycles. The van der Waals surface area contributed by atoms with Gasteiger partial charge in [0.25, 0.3) is 0 Å². The van der Waals surface area contributed by atoms with Crippen molar-refractivity contribution >= 4 is 27.7 Å². The Bertz CT molecular complexity index is 1150. The first-order chi connectivity index (χ1) is 18.0. The smallest absolute Gasteiger partial charge is 0.407 e. The van der Waals surface area contributed by atoms with Gasteiger partial charge in [-0.1, -0.05) is 44.2 Å². The summed E-state index contributed by atoms with van der Waals surface area (Å²) in [6.45, 7) is 5.90. The molecule has 2 aromatic rings. The molecule has 0 aromatic heterocycles. The first-order valence-electron chi connectivity index (χ1n) is 12.7. The van der Waals surface area contributed by atoms with Gasteiger partial charge in [0.2, 0.25) is 15.9 Å². The molecule has 0 bridgehead atoms. The van der Waals surface area contributed by atoms with Crippen molar-refractivity contribution in [2.75, 3.05) is 31.6 Å². The summed E-state index contributed by atoms with van der Waals surface area (Å²) < 4.78 is 39.1. The fourth-order valence-electron chi connectivity index (χ4n) is 4.17. The van der Waals surface area contributed by atoms with Crippen molar-refractivity contribution < 1.29 is 32.6 Å². The van der Waals surface area contributed by atoms with Gasteiger partial charge in [0, 0.05) is 32.1 Å². The molecule has 0 aliphatic carbocycles. The van der Waals surface area contributed by atoms with Gasteiger partial charge in [-0.2, -0.15) is 4.31 Å². The van der Waals surface area contributed by atoms with Gasteiger partial charge in [0.05, 0.1) is 30.3 Å². The summed E-state index contributed by atoms with van der Waals surface area (Å²) in [4.78, 5) is 24.0. The Morgan fingerprint density at radius 2 is 1.79 bits per heavy atom. The van der Waals surface area contributed by atoms with Crippen molar-refractivity contribution in [1.29, 1.82) is 0 Å². The molecule has 3 N–H and O–H groups in total. The van der Waals surface area contributed by atoms with Gasteiger partial charge in [-0.05, 0) is 42.2 Å². The Morgan fingerprint density at radius 1 is 1.11 bits per heavy atom. The predicted molar refractivity (Wildman–Crippen MR) is 143 cm³/mol. The van der Waals surface area contributed by atoms with E-state index in [1.165, 1.54) is 35.5 Å². The first kappa shape index (κ1) is 29.6. The minimum atomic E-state index is -3.99. The van der Waals surface area contributed by atoms with Crippen LogP contribution in [-0.4, -0.2) is 74.4 Å². The molecule has 1 aliphatic rings. The van der Waals surface area contributed by atoms with E-state index in [-0.39, 0.29) is 42.3 Å². The van der Waals surface area contributed by atoms with E-state index in [1.54, 1.807) is 0 Å². The summed E-state index contributed by atoms with van der Waals surface area (Å²) in [7, 11) is -3.99. The molecule has 11 heteroatoms. The lowest BCUT2D eigenvalue weighted by Crippen LogP contribution is -2.51. The fourth-order valence-corrected chi connectivity index (χ4v) is 5.79. The molecule has 1 heterocycles. The minimum absolute atomic E-state index is 0.0245. The number of aliphatic hydroxyl groups is 1. The number of benzene rings is 2. The van der Waals surface area contributed by atoms with Crippen molar-refractivity contribution in [3.05, 3.63) is 60.2 Å². The number of hydrogen-bond acceptors (Lipinski definition) is 7. The van der Waals surface area contributed by atoms with Crippen LogP contribution >= 0.6 is 0 Å². The van der Waals surface area contributed by atoms with E-state index in [1.807, 2.05) is 44.2 Å². The second-order valence-electron chi connectivity index (χ2n) is 9.82. The summed E-state index contributed by atoms with van der Waals surface area (Å²) in [6.07, 6.45) is -1.40. The van der Waals surface area contributed by atoms with Gasteiger partial charge in [0.15, 0.2) is 0 Å². The lowest BCUT2D eigenvalue weighted by atomic mass is 10.0. The molecule has 10 nitrogen and oxygen atoms in total. The molecular weight excluding hydrogens is 510 g/mol. The number of sulfonamides is 1. The largest absolute Gasteiger partial charge is 0.444 e. The molecule has 0 radical (unpaired) electrons. The maximum Gasteiger partial charge on any atom is 0.407 e. The van der Waals surface area contributed by atoms with Crippen LogP contribution < -0.4 is 10.6 Å². The standard InChI is InChI=1S/C27H37N3O7S/c1-19(2)16-30(38(34,35)24-11-9-22(10-12-24)28-20(3)31)17-26(32)25(15-21-7-5-4-6-8-21)29-27(33)37-23-13-14-36-18-23/h4-12,19,23,25-26,32H,13-18H2,1-3H3,(H,28,31)(H,29,33)/t23-,25-,26+/m0/s1. The number of rotatable bonds is 12. The van der Waals surface area contributed by atoms with Crippen LogP contribution in [-0.2, 0) is 30.7 Å². The van der Waals surface area contributed by atoms with Gasteiger partial charge < -0.3 is 25.2 Å². The van der Waals surface area contributed by atoms with Crippen LogP contribution in [0.2, 0.25) is 0 Å². The van der Waals surface area contributed by atoms with Crippen LogP contribution in [0.1, 0.15) is 32.8 Å². The summed E-state index contributed by atoms with van der Waals surface area (Å²) >= 11 is 0. The molecule has 38 heavy (non-hydrogen) atoms. The predicted octanol–water partition coefficient (Wildman–Crippen LogP) is 2.78. The van der Waals surface area contributed by atoms with Gasteiger partial charge in [-0.25, -0.2) is 13.2 Å². The number of alkyl carbamates (subject to hydrolysis) is 1. The maximum atomic E-state index is 13.6. The number of nitrogens with zero attached hydrogens (tertiary/aromatic N) is 1. The van der Waals surface area contributed by atoms with Gasteiger partial charge in [0.1, 0.15) is 6.10 Å². The zero-order valence-electron chi connectivity index (χ0n) is 22.0. The minimum Gasteiger partial charge on any atom is -0.444 e. The third kappa shape index (κ3) is 8.80. The Labute approximate surface area is 224 Å². The molecule has 3 rings (SSSR count). The summed E-state index contributed by atoms with van der Waals surface area (Å²) in [5.74, 6) is -0.287. The van der Waals surface area contributed by atoms with Crippen LogP contribution in [0.25, 0.3) is 0 Å². The molecular formula is C27H37N3O7S.